The molecule has 0 saturated carbocycles. The summed E-state index contributed by atoms with van der Waals surface area (Å²) in [6, 6.07) is 0. The van der Waals surface area contributed by atoms with Crippen LogP contribution in [0.5, 0.6) is 0 Å². The molecule has 0 heterocycles. The molecule has 0 aromatic rings. The molecule has 0 atom stereocenters. The molecule has 0 saturated heterocycles. The Hall–Kier alpha value is -0.800. The van der Waals surface area contributed by atoms with Crippen molar-refractivity contribution in [1.82, 2.24) is 0 Å². The highest BCUT2D eigenvalue weighted by molar-refractivity contribution is 6.25. The molecular weight excluding hydrogens is 156 g/mol. The van der Waals surface area contributed by atoms with Crippen molar-refractivity contribution in [1.29, 1.82) is 0 Å². The Labute approximate surface area is 64.9 Å². The lowest BCUT2D eigenvalue weighted by Gasteiger charge is -1.75. The summed E-state index contributed by atoms with van der Waals surface area (Å²) in [5, 5.41) is 7.84. The lowest BCUT2D eigenvalue weighted by atomic mass is 10.4. The van der Waals surface area contributed by atoms with Gasteiger partial charge in [0.15, 0.2) is 0 Å². The van der Waals surface area contributed by atoms with Crippen LogP contribution in [-0.4, -0.2) is 16.6 Å². The van der Waals surface area contributed by atoms with Crippen LogP contribution in [0, 0.1) is 0 Å². The summed E-state index contributed by atoms with van der Waals surface area (Å²) < 4.78 is 0. The summed E-state index contributed by atoms with van der Waals surface area (Å²) in [5.41, 5.74) is 1.22. The van der Waals surface area contributed by atoms with Crippen LogP contribution in [0.1, 0.15) is 6.42 Å². The highest BCUT2D eigenvalue weighted by atomic mass is 35.5. The average molecular weight is 167 g/mol. The van der Waals surface area contributed by atoms with Gasteiger partial charge in [-0.1, -0.05) is 24.3 Å². The highest BCUT2D eigenvalue weighted by Gasteiger charge is 1.84. The van der Waals surface area contributed by atoms with Gasteiger partial charge >= 0.3 is 5.97 Å². The Balaban J connectivity index is -0.000000107. The molecule has 4 heteroatoms. The van der Waals surface area contributed by atoms with Gasteiger partial charge in [0.25, 0.3) is 0 Å². The fourth-order valence-corrected chi connectivity index (χ4v) is 0.123. The summed E-state index contributed by atoms with van der Waals surface area (Å²) in [5.74, 6) is -0.829. The van der Waals surface area contributed by atoms with Gasteiger partial charge in [-0.15, -0.1) is 6.58 Å². The van der Waals surface area contributed by atoms with E-state index in [0.29, 0.717) is 0 Å². The topological polar surface area (TPSA) is 68.8 Å². The number of hydrogen-bond acceptors (Lipinski definition) is 1. The Bertz CT molecular complexity index is 101. The molecule has 3 nitrogen and oxygen atoms in total. The van der Waals surface area contributed by atoms with E-state index in [1.807, 2.05) is 0 Å². The van der Waals surface area contributed by atoms with E-state index in [2.05, 4.69) is 13.2 Å². The molecule has 0 fully saturated rings. The molecule has 0 amide bonds. The van der Waals surface area contributed by atoms with Gasteiger partial charge in [0.1, 0.15) is 0 Å². The minimum absolute atomic E-state index is 0. The van der Waals surface area contributed by atoms with Crippen molar-refractivity contribution in [3.8, 4) is 0 Å². The molecule has 60 valence electrons. The first kappa shape index (κ1) is 16.1. The number of halogens is 1. The molecule has 0 unspecified atom stereocenters. The molecule has 0 rings (SSSR count). The van der Waals surface area contributed by atoms with Crippen LogP contribution in [0.4, 0.5) is 0 Å². The van der Waals surface area contributed by atoms with E-state index in [9.17, 15) is 4.79 Å². The standard InChI is InChI=1S/C4H6O2.C2H3Cl.H2O/c1-2-3-4(5)6;1-2-3;/h2H,1,3H2,(H,5,6);2H,1H2;1H2. The van der Waals surface area contributed by atoms with E-state index in [0.717, 1.165) is 0 Å². The summed E-state index contributed by atoms with van der Waals surface area (Å²) >= 11 is 4.76. The first-order valence-electron chi connectivity index (χ1n) is 2.22. The number of hydrogen-bond donors (Lipinski definition) is 1. The molecule has 10 heavy (non-hydrogen) atoms. The summed E-state index contributed by atoms with van der Waals surface area (Å²) in [4.78, 5) is 9.53. The van der Waals surface area contributed by atoms with E-state index < -0.39 is 5.97 Å². The molecule has 3 N–H and O–H groups in total. The monoisotopic (exact) mass is 166 g/mol. The minimum Gasteiger partial charge on any atom is -0.481 e. The third kappa shape index (κ3) is 57.2. The van der Waals surface area contributed by atoms with Gasteiger partial charge in [-0.3, -0.25) is 4.79 Å². The van der Waals surface area contributed by atoms with Crippen LogP contribution in [0.2, 0.25) is 0 Å². The zero-order chi connectivity index (χ0) is 7.70. The van der Waals surface area contributed by atoms with E-state index in [4.69, 9.17) is 16.7 Å². The SMILES string of the molecule is C=CCC(=O)O.C=CCl.O. The Morgan fingerprint density at radius 2 is 1.90 bits per heavy atom. The zero-order valence-corrected chi connectivity index (χ0v) is 6.27. The summed E-state index contributed by atoms with van der Waals surface area (Å²) in [7, 11) is 0. The smallest absolute Gasteiger partial charge is 0.307 e. The quantitative estimate of drug-likeness (QED) is 0.626. The number of carboxylic acid groups (broad SMARTS) is 1. The lowest BCUT2D eigenvalue weighted by Crippen LogP contribution is -1.88. The van der Waals surface area contributed by atoms with Gasteiger partial charge in [0.2, 0.25) is 0 Å². The lowest BCUT2D eigenvalue weighted by molar-refractivity contribution is -0.135. The number of carboxylic acids is 1. The van der Waals surface area contributed by atoms with Gasteiger partial charge in [0, 0.05) is 0 Å². The minimum atomic E-state index is -0.829. The maximum atomic E-state index is 9.53. The molecule has 0 radical (unpaired) electrons. The molecule has 0 aliphatic carbocycles. The molecule has 0 aliphatic heterocycles. The predicted octanol–water partition coefficient (Wildman–Crippen LogP) is 1.19. The van der Waals surface area contributed by atoms with Gasteiger partial charge < -0.3 is 10.6 Å². The van der Waals surface area contributed by atoms with Crippen LogP contribution in [-0.2, 0) is 4.79 Å². The van der Waals surface area contributed by atoms with Crippen LogP contribution in [0.3, 0.4) is 0 Å². The van der Waals surface area contributed by atoms with Crippen molar-refractivity contribution in [2.75, 3.05) is 0 Å². The van der Waals surface area contributed by atoms with Crippen LogP contribution in [0.25, 0.3) is 0 Å². The van der Waals surface area contributed by atoms with Crippen molar-refractivity contribution in [2.24, 2.45) is 0 Å². The van der Waals surface area contributed by atoms with Crippen molar-refractivity contribution in [3.63, 3.8) is 0 Å². The maximum Gasteiger partial charge on any atom is 0.307 e. The van der Waals surface area contributed by atoms with E-state index in [-0.39, 0.29) is 11.9 Å². The predicted molar refractivity (Wildman–Crippen MR) is 42.1 cm³/mol. The first-order valence-corrected chi connectivity index (χ1v) is 2.66. The second-order valence-electron chi connectivity index (χ2n) is 1.04. The molecule has 0 aromatic heterocycles. The third-order valence-corrected chi connectivity index (χ3v) is 0.319. The highest BCUT2D eigenvalue weighted by Crippen LogP contribution is 1.74. The zero-order valence-electron chi connectivity index (χ0n) is 5.51. The summed E-state index contributed by atoms with van der Waals surface area (Å²) in [6.45, 7) is 6.35. The van der Waals surface area contributed by atoms with Crippen molar-refractivity contribution in [2.45, 2.75) is 6.42 Å². The van der Waals surface area contributed by atoms with Crippen LogP contribution < -0.4 is 0 Å². The molecule has 0 bridgehead atoms. The Morgan fingerprint density at radius 3 is 1.90 bits per heavy atom. The van der Waals surface area contributed by atoms with Crippen LogP contribution in [0.15, 0.2) is 24.8 Å². The normalized spacial score (nSPS) is 5.70. The second kappa shape index (κ2) is 15.7. The van der Waals surface area contributed by atoms with E-state index in [1.54, 1.807) is 0 Å². The Morgan fingerprint density at radius 1 is 1.60 bits per heavy atom. The third-order valence-electron chi connectivity index (χ3n) is 0.319. The largest absolute Gasteiger partial charge is 0.481 e. The number of aliphatic carboxylic acids is 1. The molecule has 0 spiro atoms. The van der Waals surface area contributed by atoms with Gasteiger partial charge in [-0.25, -0.2) is 0 Å². The molecule has 0 aromatic carbocycles. The van der Waals surface area contributed by atoms with Crippen molar-refractivity contribution in [3.05, 3.63) is 24.8 Å². The second-order valence-corrected chi connectivity index (χ2v) is 1.35. The van der Waals surface area contributed by atoms with Crippen molar-refractivity contribution >= 4 is 17.6 Å². The Kier molecular flexibility index (Phi) is 25.3. The first-order chi connectivity index (χ1) is 4.18. The van der Waals surface area contributed by atoms with Crippen LogP contribution >= 0.6 is 11.6 Å². The fourth-order valence-electron chi connectivity index (χ4n) is 0.123. The number of rotatable bonds is 2. The maximum absolute atomic E-state index is 9.53. The summed E-state index contributed by atoms with van der Waals surface area (Å²) in [6.07, 6.45) is 1.41. The van der Waals surface area contributed by atoms with E-state index in [1.165, 1.54) is 11.6 Å². The number of carbonyl (C=O) groups is 1. The van der Waals surface area contributed by atoms with Gasteiger partial charge in [0.05, 0.1) is 6.42 Å². The molecule has 0 aliphatic rings. The average Bonchev–Trinajstić information content (AvgIpc) is 1.67. The molecular formula is C6H11ClO3. The van der Waals surface area contributed by atoms with Gasteiger partial charge in [-0.05, 0) is 5.54 Å². The fraction of sp³-hybridized carbons (Fsp3) is 0.167. The van der Waals surface area contributed by atoms with E-state index >= 15 is 0 Å². The van der Waals surface area contributed by atoms with Gasteiger partial charge in [-0.2, -0.15) is 0 Å². The van der Waals surface area contributed by atoms with Crippen molar-refractivity contribution < 1.29 is 15.4 Å².